The van der Waals surface area contributed by atoms with Gasteiger partial charge in [-0.05, 0) is 50.7 Å². The number of unbranched alkanes of at least 4 members (excludes halogenated alkanes) is 3. The maximum atomic E-state index is 12.8. The van der Waals surface area contributed by atoms with Crippen molar-refractivity contribution in [2.45, 2.75) is 76.7 Å². The maximum Gasteiger partial charge on any atom is 0.326 e. The van der Waals surface area contributed by atoms with E-state index in [1.807, 2.05) is 0 Å². The van der Waals surface area contributed by atoms with Crippen molar-refractivity contribution in [1.82, 2.24) is 20.9 Å². The van der Waals surface area contributed by atoms with E-state index >= 15 is 0 Å². The van der Waals surface area contributed by atoms with E-state index in [9.17, 15) is 38.3 Å². The van der Waals surface area contributed by atoms with Gasteiger partial charge in [-0.1, -0.05) is 6.42 Å². The summed E-state index contributed by atoms with van der Waals surface area (Å²) in [4.78, 5) is 79.0. The molecule has 2 atom stereocenters. The molecule has 0 fully saturated rings. The Morgan fingerprint density at radius 2 is 1.48 bits per heavy atom. The first-order valence-electron chi connectivity index (χ1n) is 13.8. The van der Waals surface area contributed by atoms with Crippen LogP contribution in [-0.2, 0) is 28.5 Å². The van der Waals surface area contributed by atoms with Crippen LogP contribution in [0.25, 0.3) is 0 Å². The molecule has 0 aliphatic carbocycles. The van der Waals surface area contributed by atoms with Crippen LogP contribution in [-0.4, -0.2) is 86.6 Å². The first-order chi connectivity index (χ1) is 20.8. The lowest BCUT2D eigenvalue weighted by Gasteiger charge is -2.14. The Hall–Kier alpha value is -3.79. The van der Waals surface area contributed by atoms with Crippen molar-refractivity contribution in [2.75, 3.05) is 19.7 Å². The van der Waals surface area contributed by atoms with Crippen molar-refractivity contribution in [3.63, 3.8) is 0 Å². The lowest BCUT2D eigenvalue weighted by Crippen LogP contribution is -2.41. The molecule has 1 heterocycles. The Bertz CT molecular complexity index is 1030. The molecule has 44 heavy (non-hydrogen) atoms. The summed E-state index contributed by atoms with van der Waals surface area (Å²) >= 11 is 0. The van der Waals surface area contributed by atoms with Crippen LogP contribution in [0.1, 0.15) is 81.0 Å². The highest BCUT2D eigenvalue weighted by molar-refractivity contribution is 7.43. The average Bonchev–Trinajstić information content (AvgIpc) is 2.94. The van der Waals surface area contributed by atoms with Crippen LogP contribution in [0.5, 0.6) is 0 Å². The van der Waals surface area contributed by atoms with Crippen LogP contribution >= 0.6 is 8.53 Å². The standard InChI is InChI=1S/C21H33FN5O7P.C5H8O4/c22-17-9-7-15(14-26-17)20(30)25-12-3-1-2-6-19(29)27-16(21(31)32)8-10-18(28)24-11-4-5-13-34-35(23)33;6-4(7)2-1-3-5(8)9/h7,9,14,16,33H,1-6,8,10-13,23H2,(H,24,28)(H,25,30)(H,27,29)(H,31,32);1-3H2,(H,6,7)(H,8,9). The van der Waals surface area contributed by atoms with E-state index in [1.165, 1.54) is 6.07 Å². The first-order valence-corrected chi connectivity index (χ1v) is 15.1. The van der Waals surface area contributed by atoms with E-state index in [0.717, 1.165) is 12.3 Å². The van der Waals surface area contributed by atoms with Crippen LogP contribution in [0.2, 0.25) is 0 Å². The molecule has 18 heteroatoms. The average molecular weight is 650 g/mol. The number of pyridine rings is 1. The predicted octanol–water partition coefficient (Wildman–Crippen LogP) is 1.28. The van der Waals surface area contributed by atoms with Crippen LogP contribution in [0, 0.1) is 5.95 Å². The molecule has 1 rings (SSSR count). The minimum Gasteiger partial charge on any atom is -0.481 e. The second-order valence-corrected chi connectivity index (χ2v) is 10.1. The fraction of sp³-hybridized carbons (Fsp3) is 0.577. The quantitative estimate of drug-likeness (QED) is 0.0500. The smallest absolute Gasteiger partial charge is 0.326 e. The summed E-state index contributed by atoms with van der Waals surface area (Å²) < 4.78 is 17.6. The van der Waals surface area contributed by atoms with Gasteiger partial charge < -0.3 is 40.7 Å². The van der Waals surface area contributed by atoms with Gasteiger partial charge in [0.1, 0.15) is 6.04 Å². The van der Waals surface area contributed by atoms with Gasteiger partial charge >= 0.3 is 17.9 Å². The number of nitrogens with zero attached hydrogens (tertiary/aromatic N) is 1. The molecule has 0 aromatic carbocycles. The Morgan fingerprint density at radius 1 is 0.841 bits per heavy atom. The number of hydrogen-bond acceptors (Lipinski definition) is 10. The van der Waals surface area contributed by atoms with Gasteiger partial charge in [-0.25, -0.2) is 9.78 Å². The lowest BCUT2D eigenvalue weighted by molar-refractivity contribution is -0.142. The molecule has 1 aromatic rings. The van der Waals surface area contributed by atoms with Crippen LogP contribution < -0.4 is 21.5 Å². The molecule has 9 N–H and O–H groups in total. The highest BCUT2D eigenvalue weighted by Crippen LogP contribution is 2.19. The number of halogens is 1. The number of carboxylic acids is 3. The zero-order valence-corrected chi connectivity index (χ0v) is 25.1. The van der Waals surface area contributed by atoms with Gasteiger partial charge in [0.25, 0.3) is 5.91 Å². The molecule has 0 bridgehead atoms. The van der Waals surface area contributed by atoms with E-state index in [1.54, 1.807) is 0 Å². The molecular formula is C26H41FN5O11P. The van der Waals surface area contributed by atoms with Crippen LogP contribution in [0.4, 0.5) is 4.39 Å². The number of aliphatic carboxylic acids is 3. The number of carbonyl (C=O) groups is 6. The topological polar surface area (TPSA) is 268 Å². The molecule has 0 spiro atoms. The number of nitrogens with one attached hydrogen (secondary N) is 3. The summed E-state index contributed by atoms with van der Waals surface area (Å²) in [6, 6.07) is 1.26. The number of nitrogens with two attached hydrogens (primary N) is 1. The fourth-order valence-electron chi connectivity index (χ4n) is 3.29. The molecule has 16 nitrogen and oxygen atoms in total. The number of rotatable bonds is 22. The third kappa shape index (κ3) is 23.7. The molecule has 0 saturated carbocycles. The normalized spacial score (nSPS) is 11.7. The van der Waals surface area contributed by atoms with E-state index in [-0.39, 0.29) is 62.5 Å². The number of carboxylic acid groups (broad SMARTS) is 3. The Balaban J connectivity index is 0.00000177. The van der Waals surface area contributed by atoms with Gasteiger partial charge in [0.2, 0.25) is 26.3 Å². The summed E-state index contributed by atoms with van der Waals surface area (Å²) in [6.45, 7) is 1.03. The van der Waals surface area contributed by atoms with Crippen molar-refractivity contribution < 1.29 is 57.9 Å². The third-order valence-corrected chi connectivity index (χ3v) is 5.99. The van der Waals surface area contributed by atoms with E-state index in [0.29, 0.717) is 45.2 Å². The Labute approximate surface area is 254 Å². The van der Waals surface area contributed by atoms with Crippen LogP contribution in [0.15, 0.2) is 18.3 Å². The van der Waals surface area contributed by atoms with Gasteiger partial charge in [0.05, 0.1) is 12.2 Å². The monoisotopic (exact) mass is 649 g/mol. The Kier molecular flexibility index (Phi) is 22.5. The summed E-state index contributed by atoms with van der Waals surface area (Å²) in [7, 11) is -1.88. The van der Waals surface area contributed by atoms with Crippen molar-refractivity contribution in [2.24, 2.45) is 5.50 Å². The maximum absolute atomic E-state index is 12.8. The van der Waals surface area contributed by atoms with Gasteiger partial charge in [0, 0.05) is 45.0 Å². The molecule has 2 unspecified atom stereocenters. The Morgan fingerprint density at radius 3 is 2.05 bits per heavy atom. The second kappa shape index (κ2) is 24.6. The zero-order valence-electron chi connectivity index (χ0n) is 24.2. The first kappa shape index (κ1) is 40.2. The summed E-state index contributed by atoms with van der Waals surface area (Å²) in [5.74, 6) is -4.91. The largest absolute Gasteiger partial charge is 0.481 e. The minimum absolute atomic E-state index is 0.0394. The van der Waals surface area contributed by atoms with E-state index < -0.39 is 44.3 Å². The highest BCUT2D eigenvalue weighted by Gasteiger charge is 2.20. The predicted molar refractivity (Wildman–Crippen MR) is 154 cm³/mol. The molecule has 0 aliphatic heterocycles. The molecular weight excluding hydrogens is 608 g/mol. The van der Waals surface area contributed by atoms with Crippen molar-refractivity contribution in [3.8, 4) is 0 Å². The lowest BCUT2D eigenvalue weighted by atomic mass is 10.1. The number of aromatic nitrogens is 1. The summed E-state index contributed by atoms with van der Waals surface area (Å²) in [6.07, 6.45) is 4.20. The molecule has 1 aromatic heterocycles. The summed E-state index contributed by atoms with van der Waals surface area (Å²) in [5.41, 5.74) is 5.33. The van der Waals surface area contributed by atoms with Gasteiger partial charge in [-0.2, -0.15) is 4.39 Å². The molecule has 0 radical (unpaired) electrons. The van der Waals surface area contributed by atoms with Crippen molar-refractivity contribution >= 4 is 44.2 Å². The second-order valence-electron chi connectivity index (χ2n) is 9.27. The van der Waals surface area contributed by atoms with Crippen molar-refractivity contribution in [3.05, 3.63) is 29.8 Å². The molecule has 0 aliphatic rings. The molecule has 3 amide bonds. The summed E-state index contributed by atoms with van der Waals surface area (Å²) in [5, 5.41) is 33.1. The minimum atomic E-state index is -1.88. The number of carbonyl (C=O) groups excluding carboxylic acids is 3. The van der Waals surface area contributed by atoms with E-state index in [4.69, 9.17) is 25.1 Å². The zero-order chi connectivity index (χ0) is 33.3. The third-order valence-electron chi connectivity index (χ3n) is 5.55. The number of hydrogen-bond donors (Lipinski definition) is 8. The molecule has 0 saturated heterocycles. The van der Waals surface area contributed by atoms with Gasteiger partial charge in [-0.15, -0.1) is 0 Å². The highest BCUT2D eigenvalue weighted by atomic mass is 31.2. The van der Waals surface area contributed by atoms with Crippen LogP contribution in [0.3, 0.4) is 0 Å². The molecule has 248 valence electrons. The van der Waals surface area contributed by atoms with E-state index in [2.05, 4.69) is 20.9 Å². The number of amides is 3. The van der Waals surface area contributed by atoms with Gasteiger partial charge in [0.15, 0.2) is 0 Å². The fourth-order valence-corrected chi connectivity index (χ4v) is 3.61. The van der Waals surface area contributed by atoms with Crippen molar-refractivity contribution in [1.29, 1.82) is 0 Å². The van der Waals surface area contributed by atoms with Gasteiger partial charge in [-0.3, -0.25) is 29.5 Å². The SMILES string of the molecule is NP(O)OCCCCNC(=O)CCC(NC(=O)CCCCCNC(=O)c1ccc(F)nc1)C(=O)O.O=C(O)CCCC(=O)O.